The molecule has 0 bridgehead atoms. The van der Waals surface area contributed by atoms with Crippen molar-refractivity contribution in [1.29, 1.82) is 0 Å². The molecule has 0 aromatic heterocycles. The summed E-state index contributed by atoms with van der Waals surface area (Å²) >= 11 is 0. The van der Waals surface area contributed by atoms with E-state index in [1.165, 1.54) is 20.4 Å². The Morgan fingerprint density at radius 3 is 2.31 bits per heavy atom. The van der Waals surface area contributed by atoms with Crippen molar-refractivity contribution >= 4 is 18.0 Å². The number of rotatable bonds is 10. The molecule has 2 aromatic rings. The Kier molecular flexibility index (Phi) is 7.84. The molecule has 0 atom stereocenters. The maximum Gasteiger partial charge on any atom is 0.271 e. The van der Waals surface area contributed by atoms with Crippen molar-refractivity contribution in [2.75, 3.05) is 27.4 Å². The third-order valence-corrected chi connectivity index (χ3v) is 3.66. The van der Waals surface area contributed by atoms with Crippen LogP contribution in [0.4, 0.5) is 0 Å². The normalized spacial score (nSPS) is 10.4. The fourth-order valence-electron chi connectivity index (χ4n) is 2.35. The zero-order chi connectivity index (χ0) is 21.2. The highest BCUT2D eigenvalue weighted by atomic mass is 16.5. The molecule has 0 heterocycles. The van der Waals surface area contributed by atoms with Crippen molar-refractivity contribution < 1.29 is 28.5 Å². The molecule has 0 saturated heterocycles. The maximum absolute atomic E-state index is 12.3. The fourth-order valence-corrected chi connectivity index (χ4v) is 2.35. The van der Waals surface area contributed by atoms with E-state index in [9.17, 15) is 9.59 Å². The molecule has 0 aliphatic carbocycles. The first kappa shape index (κ1) is 21.5. The number of hydrogen-bond donors (Lipinski definition) is 2. The summed E-state index contributed by atoms with van der Waals surface area (Å²) in [7, 11) is 2.97. The summed E-state index contributed by atoms with van der Waals surface area (Å²) in [6.07, 6.45) is 1.45. The molecule has 9 heteroatoms. The summed E-state index contributed by atoms with van der Waals surface area (Å²) in [6, 6.07) is 9.80. The third kappa shape index (κ3) is 6.13. The number of hydrogen-bond acceptors (Lipinski definition) is 7. The van der Waals surface area contributed by atoms with Gasteiger partial charge in [0.2, 0.25) is 0 Å². The van der Waals surface area contributed by atoms with Crippen molar-refractivity contribution in [3.05, 3.63) is 47.5 Å². The molecule has 0 aliphatic rings. The van der Waals surface area contributed by atoms with Crippen molar-refractivity contribution in [2.24, 2.45) is 10.8 Å². The third-order valence-electron chi connectivity index (χ3n) is 3.66. The average Bonchev–Trinajstić information content (AvgIpc) is 2.72. The van der Waals surface area contributed by atoms with E-state index in [0.717, 1.165) is 0 Å². The first-order valence-corrected chi connectivity index (χ1v) is 8.71. The molecule has 0 aliphatic heterocycles. The second-order valence-corrected chi connectivity index (χ2v) is 5.66. The number of hydrazone groups is 1. The number of primary amides is 1. The largest absolute Gasteiger partial charge is 0.493 e. The lowest BCUT2D eigenvalue weighted by atomic mass is 10.2. The number of nitrogens with one attached hydrogen (secondary N) is 1. The molecule has 0 unspecified atom stereocenters. The van der Waals surface area contributed by atoms with Crippen LogP contribution < -0.4 is 30.1 Å². The molecule has 0 spiro atoms. The standard InChI is InChI=1S/C20H23N3O6/c1-4-28-15-8-6-14(10-18(15)27-3)20(25)23-22-11-13-5-7-16(17(9-13)26-2)29-12-19(21)24/h5-11H,4,12H2,1-3H3,(H2,21,24)(H,23,25)/b22-11+. The lowest BCUT2D eigenvalue weighted by Gasteiger charge is -2.10. The molecule has 29 heavy (non-hydrogen) atoms. The van der Waals surface area contributed by atoms with Crippen molar-refractivity contribution in [1.82, 2.24) is 5.43 Å². The van der Waals surface area contributed by atoms with Gasteiger partial charge in [-0.1, -0.05) is 0 Å². The lowest BCUT2D eigenvalue weighted by Crippen LogP contribution is -2.20. The van der Waals surface area contributed by atoms with Crippen LogP contribution in [-0.4, -0.2) is 45.5 Å². The topological polar surface area (TPSA) is 121 Å². The Balaban J connectivity index is 2.05. The highest BCUT2D eigenvalue weighted by Gasteiger charge is 2.11. The molecular weight excluding hydrogens is 378 g/mol. The Hall–Kier alpha value is -3.75. The minimum atomic E-state index is -0.591. The van der Waals surface area contributed by atoms with Gasteiger partial charge in [-0.05, 0) is 48.9 Å². The van der Waals surface area contributed by atoms with Gasteiger partial charge in [-0.25, -0.2) is 5.43 Å². The predicted molar refractivity (Wildman–Crippen MR) is 107 cm³/mol. The number of ether oxygens (including phenoxy) is 4. The van der Waals surface area contributed by atoms with Gasteiger partial charge in [0.1, 0.15) is 0 Å². The zero-order valence-corrected chi connectivity index (χ0v) is 16.4. The van der Waals surface area contributed by atoms with Crippen LogP contribution >= 0.6 is 0 Å². The van der Waals surface area contributed by atoms with Crippen molar-refractivity contribution in [3.63, 3.8) is 0 Å². The minimum absolute atomic E-state index is 0.259. The second-order valence-electron chi connectivity index (χ2n) is 5.66. The smallest absolute Gasteiger partial charge is 0.271 e. The Bertz CT molecular complexity index is 898. The van der Waals surface area contributed by atoms with E-state index < -0.39 is 11.8 Å². The first-order chi connectivity index (χ1) is 14.0. The van der Waals surface area contributed by atoms with E-state index in [0.29, 0.717) is 40.7 Å². The van der Waals surface area contributed by atoms with E-state index in [4.69, 9.17) is 24.7 Å². The van der Waals surface area contributed by atoms with E-state index >= 15 is 0 Å². The predicted octanol–water partition coefficient (Wildman–Crippen LogP) is 1.73. The maximum atomic E-state index is 12.3. The molecular formula is C20H23N3O6. The van der Waals surface area contributed by atoms with Gasteiger partial charge in [0.25, 0.3) is 11.8 Å². The molecule has 3 N–H and O–H groups in total. The van der Waals surface area contributed by atoms with Gasteiger partial charge in [0.15, 0.2) is 29.6 Å². The van der Waals surface area contributed by atoms with Gasteiger partial charge in [0, 0.05) is 5.56 Å². The van der Waals surface area contributed by atoms with Crippen LogP contribution in [0.3, 0.4) is 0 Å². The van der Waals surface area contributed by atoms with Gasteiger partial charge >= 0.3 is 0 Å². The number of nitrogens with two attached hydrogens (primary N) is 1. The highest BCUT2D eigenvalue weighted by molar-refractivity contribution is 5.95. The summed E-state index contributed by atoms with van der Waals surface area (Å²) in [5.41, 5.74) is 8.53. The zero-order valence-electron chi connectivity index (χ0n) is 16.4. The van der Waals surface area contributed by atoms with Gasteiger partial charge in [-0.15, -0.1) is 0 Å². The Morgan fingerprint density at radius 1 is 1.00 bits per heavy atom. The van der Waals surface area contributed by atoms with E-state index in [-0.39, 0.29) is 6.61 Å². The van der Waals surface area contributed by atoms with Gasteiger partial charge in [-0.2, -0.15) is 5.10 Å². The van der Waals surface area contributed by atoms with Crippen LogP contribution in [-0.2, 0) is 4.79 Å². The number of amides is 2. The van der Waals surface area contributed by atoms with Gasteiger partial charge in [-0.3, -0.25) is 9.59 Å². The van der Waals surface area contributed by atoms with Crippen LogP contribution in [0.15, 0.2) is 41.5 Å². The van der Waals surface area contributed by atoms with Gasteiger partial charge < -0.3 is 24.7 Å². The number of carbonyl (C=O) groups is 2. The van der Waals surface area contributed by atoms with Crippen molar-refractivity contribution in [3.8, 4) is 23.0 Å². The SMILES string of the molecule is CCOc1ccc(C(=O)N/N=C/c2ccc(OCC(N)=O)c(OC)c2)cc1OC. The lowest BCUT2D eigenvalue weighted by molar-refractivity contribution is -0.119. The fraction of sp³-hybridized carbons (Fsp3) is 0.250. The first-order valence-electron chi connectivity index (χ1n) is 8.71. The van der Waals surface area contributed by atoms with Crippen molar-refractivity contribution in [2.45, 2.75) is 6.92 Å². The highest BCUT2D eigenvalue weighted by Crippen LogP contribution is 2.28. The van der Waals surface area contributed by atoms with E-state index in [1.54, 1.807) is 36.4 Å². The molecule has 0 saturated carbocycles. The molecule has 154 valence electrons. The number of benzene rings is 2. The Labute approximate surface area is 168 Å². The average molecular weight is 401 g/mol. The molecule has 2 rings (SSSR count). The van der Waals surface area contributed by atoms with E-state index in [1.807, 2.05) is 6.92 Å². The van der Waals surface area contributed by atoms with Crippen LogP contribution in [0.5, 0.6) is 23.0 Å². The molecule has 2 amide bonds. The summed E-state index contributed by atoms with van der Waals surface area (Å²) in [4.78, 5) is 23.1. The summed E-state index contributed by atoms with van der Waals surface area (Å²) in [6.45, 7) is 2.09. The van der Waals surface area contributed by atoms with Crippen LogP contribution in [0, 0.1) is 0 Å². The summed E-state index contributed by atoms with van der Waals surface area (Å²) in [5.74, 6) is 0.787. The van der Waals surface area contributed by atoms with Crippen LogP contribution in [0.2, 0.25) is 0 Å². The number of methoxy groups -OCH3 is 2. The summed E-state index contributed by atoms with van der Waals surface area (Å²) < 4.78 is 21.1. The molecule has 0 fully saturated rings. The van der Waals surface area contributed by atoms with E-state index in [2.05, 4.69) is 10.5 Å². The van der Waals surface area contributed by atoms with Crippen LogP contribution in [0.1, 0.15) is 22.8 Å². The summed E-state index contributed by atoms with van der Waals surface area (Å²) in [5, 5.41) is 3.94. The minimum Gasteiger partial charge on any atom is -0.493 e. The second kappa shape index (κ2) is 10.5. The Morgan fingerprint density at radius 2 is 1.66 bits per heavy atom. The number of nitrogens with zero attached hydrogens (tertiary/aromatic N) is 1. The quantitative estimate of drug-likeness (QED) is 0.462. The molecule has 0 radical (unpaired) electrons. The monoisotopic (exact) mass is 401 g/mol. The van der Waals surface area contributed by atoms with Crippen LogP contribution in [0.25, 0.3) is 0 Å². The van der Waals surface area contributed by atoms with Gasteiger partial charge in [0.05, 0.1) is 27.0 Å². The number of carbonyl (C=O) groups excluding carboxylic acids is 2. The molecule has 9 nitrogen and oxygen atoms in total. The molecule has 2 aromatic carbocycles.